The van der Waals surface area contributed by atoms with Crippen LogP contribution in [-0.2, 0) is 26.0 Å². The standard InChI is InChI=1S/C25H37N7O3Si/c1-24(2,3)36(4,5)35-16-18-29-20(26)19-21(30-18)32(22(33)25(19)8-6-7-9-25)17-14-27-23(28-15-17)31-10-12-34-13-11-31/h14-15H,6-13,16H2,1-5H3,(H2,26,29,30). The predicted molar refractivity (Wildman–Crippen MR) is 141 cm³/mol. The third-order valence-corrected chi connectivity index (χ3v) is 12.7. The van der Waals surface area contributed by atoms with Gasteiger partial charge in [-0.05, 0) is 31.0 Å². The van der Waals surface area contributed by atoms with Gasteiger partial charge >= 0.3 is 0 Å². The Morgan fingerprint density at radius 3 is 2.36 bits per heavy atom. The minimum absolute atomic E-state index is 0.0128. The Kier molecular flexibility index (Phi) is 6.28. The number of carbonyl (C=O) groups excluding carboxylic acids is 1. The molecule has 11 heteroatoms. The first-order chi connectivity index (χ1) is 17.0. The average molecular weight is 512 g/mol. The molecule has 1 amide bonds. The quantitative estimate of drug-likeness (QED) is 0.599. The van der Waals surface area contributed by atoms with Crippen LogP contribution in [0.15, 0.2) is 12.4 Å². The lowest BCUT2D eigenvalue weighted by Crippen LogP contribution is -2.40. The van der Waals surface area contributed by atoms with Crippen LogP contribution in [0.1, 0.15) is 57.8 Å². The molecular formula is C25H37N7O3Si. The van der Waals surface area contributed by atoms with Crippen molar-refractivity contribution < 1.29 is 14.0 Å². The minimum atomic E-state index is -2.02. The molecule has 10 nitrogen and oxygen atoms in total. The van der Waals surface area contributed by atoms with Crippen molar-refractivity contribution in [1.82, 2.24) is 19.9 Å². The Labute approximate surface area is 213 Å². The van der Waals surface area contributed by atoms with Gasteiger partial charge in [-0.25, -0.2) is 19.9 Å². The largest absolute Gasteiger partial charge is 0.409 e. The van der Waals surface area contributed by atoms with Crippen molar-refractivity contribution in [3.8, 4) is 0 Å². The molecule has 3 aliphatic rings. The lowest BCUT2D eigenvalue weighted by atomic mass is 9.80. The Hall–Kier alpha value is -2.63. The number of anilines is 4. The van der Waals surface area contributed by atoms with E-state index in [-0.39, 0.29) is 17.6 Å². The molecule has 36 heavy (non-hydrogen) atoms. The smallest absolute Gasteiger partial charge is 0.243 e. The number of nitrogen functional groups attached to an aromatic ring is 1. The fourth-order valence-corrected chi connectivity index (χ4v) is 6.04. The van der Waals surface area contributed by atoms with Gasteiger partial charge in [0.2, 0.25) is 11.9 Å². The summed E-state index contributed by atoms with van der Waals surface area (Å²) in [6, 6.07) is 0. The van der Waals surface area contributed by atoms with Crippen LogP contribution in [0, 0.1) is 0 Å². The van der Waals surface area contributed by atoms with Gasteiger partial charge in [0.1, 0.15) is 11.6 Å². The number of aromatic nitrogens is 4. The Bertz CT molecular complexity index is 1140. The monoisotopic (exact) mass is 511 g/mol. The molecule has 2 aromatic rings. The van der Waals surface area contributed by atoms with Crippen molar-refractivity contribution in [3.05, 3.63) is 23.8 Å². The first-order valence-corrected chi connectivity index (χ1v) is 15.7. The van der Waals surface area contributed by atoms with Crippen LogP contribution in [-0.4, -0.2) is 60.5 Å². The van der Waals surface area contributed by atoms with E-state index in [0.29, 0.717) is 42.3 Å². The van der Waals surface area contributed by atoms with E-state index < -0.39 is 13.7 Å². The minimum Gasteiger partial charge on any atom is -0.409 e. The van der Waals surface area contributed by atoms with E-state index in [1.807, 2.05) is 0 Å². The van der Waals surface area contributed by atoms with Gasteiger partial charge in [0.15, 0.2) is 14.1 Å². The number of carbonyl (C=O) groups is 1. The van der Waals surface area contributed by atoms with E-state index >= 15 is 0 Å². The van der Waals surface area contributed by atoms with Gasteiger partial charge in [-0.1, -0.05) is 33.6 Å². The van der Waals surface area contributed by atoms with Gasteiger partial charge in [-0.15, -0.1) is 0 Å². The Morgan fingerprint density at radius 2 is 1.75 bits per heavy atom. The number of ether oxygens (including phenoxy) is 1. The highest BCUT2D eigenvalue weighted by Gasteiger charge is 2.55. The molecule has 4 heterocycles. The summed E-state index contributed by atoms with van der Waals surface area (Å²) in [5.74, 6) is 2.04. The van der Waals surface area contributed by atoms with E-state index in [2.05, 4.69) is 53.7 Å². The van der Waals surface area contributed by atoms with Crippen molar-refractivity contribution >= 4 is 37.5 Å². The topological polar surface area (TPSA) is 120 Å². The maximum absolute atomic E-state index is 14.0. The molecule has 1 saturated heterocycles. The summed E-state index contributed by atoms with van der Waals surface area (Å²) < 4.78 is 11.8. The molecule has 0 radical (unpaired) electrons. The van der Waals surface area contributed by atoms with Crippen LogP contribution in [0.4, 0.5) is 23.3 Å². The van der Waals surface area contributed by atoms with Crippen LogP contribution in [0.5, 0.6) is 0 Å². The van der Waals surface area contributed by atoms with Crippen LogP contribution in [0.2, 0.25) is 18.1 Å². The van der Waals surface area contributed by atoms with Crippen LogP contribution in [0.3, 0.4) is 0 Å². The summed E-state index contributed by atoms with van der Waals surface area (Å²) >= 11 is 0. The molecule has 194 valence electrons. The molecule has 2 aromatic heterocycles. The number of fused-ring (bicyclic) bond motifs is 2. The third kappa shape index (κ3) is 4.16. The molecule has 0 aromatic carbocycles. The van der Waals surface area contributed by atoms with Crippen molar-refractivity contribution in [2.45, 2.75) is 76.6 Å². The SMILES string of the molecule is CC(C)(C)[Si](C)(C)OCc1nc(N)c2c(n1)N(c1cnc(N3CCOCC3)nc1)C(=O)C21CCCC1. The van der Waals surface area contributed by atoms with Gasteiger partial charge in [-0.3, -0.25) is 9.69 Å². The highest BCUT2D eigenvalue weighted by atomic mass is 28.4. The summed E-state index contributed by atoms with van der Waals surface area (Å²) in [6.07, 6.45) is 6.85. The molecule has 0 unspecified atom stereocenters. The molecule has 1 saturated carbocycles. The van der Waals surface area contributed by atoms with Gasteiger partial charge in [0.25, 0.3) is 0 Å². The number of hydrogen-bond acceptors (Lipinski definition) is 9. The van der Waals surface area contributed by atoms with Crippen molar-refractivity contribution in [2.24, 2.45) is 0 Å². The lowest BCUT2D eigenvalue weighted by molar-refractivity contribution is -0.122. The zero-order chi connectivity index (χ0) is 25.7. The molecule has 0 atom stereocenters. The van der Waals surface area contributed by atoms with Crippen LogP contribution >= 0.6 is 0 Å². The number of hydrogen-bond donors (Lipinski definition) is 1. The average Bonchev–Trinajstić information content (AvgIpc) is 3.42. The molecule has 0 bridgehead atoms. The van der Waals surface area contributed by atoms with E-state index in [4.69, 9.17) is 19.9 Å². The highest BCUT2D eigenvalue weighted by Crippen LogP contribution is 2.54. The van der Waals surface area contributed by atoms with E-state index in [9.17, 15) is 4.79 Å². The van der Waals surface area contributed by atoms with E-state index in [1.54, 1.807) is 17.3 Å². The molecule has 5 rings (SSSR count). The summed E-state index contributed by atoms with van der Waals surface area (Å²) in [6.45, 7) is 14.0. The normalized spacial score (nSPS) is 19.9. The van der Waals surface area contributed by atoms with Crippen LogP contribution < -0.4 is 15.5 Å². The second kappa shape index (κ2) is 9.04. The second-order valence-electron chi connectivity index (χ2n) is 11.5. The molecule has 1 spiro atoms. The van der Waals surface area contributed by atoms with Crippen molar-refractivity contribution in [3.63, 3.8) is 0 Å². The van der Waals surface area contributed by atoms with E-state index in [0.717, 1.165) is 44.3 Å². The van der Waals surface area contributed by atoms with Crippen molar-refractivity contribution in [1.29, 1.82) is 0 Å². The maximum Gasteiger partial charge on any atom is 0.243 e. The molecule has 2 N–H and O–H groups in total. The second-order valence-corrected chi connectivity index (χ2v) is 16.4. The number of nitrogens with two attached hydrogens (primary N) is 1. The Balaban J connectivity index is 1.50. The first-order valence-electron chi connectivity index (χ1n) is 12.8. The van der Waals surface area contributed by atoms with E-state index in [1.165, 1.54) is 0 Å². The zero-order valence-corrected chi connectivity index (χ0v) is 23.0. The third-order valence-electron chi connectivity index (χ3n) is 8.27. The van der Waals surface area contributed by atoms with Crippen LogP contribution in [0.25, 0.3) is 0 Å². The number of morpholine rings is 1. The van der Waals surface area contributed by atoms with Gasteiger partial charge in [0.05, 0.1) is 48.9 Å². The molecule has 1 aliphatic carbocycles. The number of amides is 1. The lowest BCUT2D eigenvalue weighted by Gasteiger charge is -2.35. The molecule has 2 fully saturated rings. The summed E-state index contributed by atoms with van der Waals surface area (Å²) in [5.41, 5.74) is 7.22. The maximum atomic E-state index is 14.0. The van der Waals surface area contributed by atoms with Gasteiger partial charge in [-0.2, -0.15) is 0 Å². The van der Waals surface area contributed by atoms with Crippen molar-refractivity contribution in [2.75, 3.05) is 41.8 Å². The Morgan fingerprint density at radius 1 is 1.11 bits per heavy atom. The summed E-state index contributed by atoms with van der Waals surface area (Å²) in [7, 11) is -2.02. The molecule has 2 aliphatic heterocycles. The number of nitrogens with zero attached hydrogens (tertiary/aromatic N) is 6. The van der Waals surface area contributed by atoms with Gasteiger partial charge < -0.3 is 19.8 Å². The highest BCUT2D eigenvalue weighted by molar-refractivity contribution is 6.74. The first kappa shape index (κ1) is 25.0. The zero-order valence-electron chi connectivity index (χ0n) is 22.0. The number of rotatable bonds is 5. The fourth-order valence-electron chi connectivity index (χ4n) is 5.12. The molecular weight excluding hydrogens is 474 g/mol. The summed E-state index contributed by atoms with van der Waals surface area (Å²) in [5, 5.41) is 0.0603. The summed E-state index contributed by atoms with van der Waals surface area (Å²) in [4.78, 5) is 36.4. The fraction of sp³-hybridized carbons (Fsp3) is 0.640. The van der Waals surface area contributed by atoms with Gasteiger partial charge in [0, 0.05) is 13.1 Å². The predicted octanol–water partition coefficient (Wildman–Crippen LogP) is 3.70.